The number of benzene rings is 1. The fourth-order valence-corrected chi connectivity index (χ4v) is 2.51. The van der Waals surface area contributed by atoms with Gasteiger partial charge in [-0.05, 0) is 32.3 Å². The number of rotatable bonds is 6. The number of allylic oxidation sites excluding steroid dienone is 1. The molecule has 22 heavy (non-hydrogen) atoms. The predicted molar refractivity (Wildman–Crippen MR) is 83.8 cm³/mol. The lowest BCUT2D eigenvalue weighted by atomic mass is 10.2. The van der Waals surface area contributed by atoms with E-state index in [1.807, 2.05) is 23.4 Å². The highest BCUT2D eigenvalue weighted by atomic mass is 32.1. The molecule has 1 heterocycles. The lowest BCUT2D eigenvalue weighted by Crippen LogP contribution is -2.23. The molecule has 7 heteroatoms. The van der Waals surface area contributed by atoms with Crippen molar-refractivity contribution in [3.05, 3.63) is 58.6 Å². The van der Waals surface area contributed by atoms with Gasteiger partial charge in [0.15, 0.2) is 4.77 Å². The van der Waals surface area contributed by atoms with E-state index in [1.165, 1.54) is 12.1 Å². The van der Waals surface area contributed by atoms with Gasteiger partial charge in [0, 0.05) is 24.7 Å². The zero-order valence-corrected chi connectivity index (χ0v) is 13.4. The molecule has 118 valence electrons. The molecule has 1 aromatic carbocycles. The molecule has 0 radical (unpaired) electrons. The zero-order chi connectivity index (χ0) is 16.3. The molecule has 0 spiro atoms. The zero-order valence-electron chi connectivity index (χ0n) is 12.6. The third-order valence-electron chi connectivity index (χ3n) is 3.25. The highest BCUT2D eigenvalue weighted by Crippen LogP contribution is 2.12. The van der Waals surface area contributed by atoms with E-state index in [0.29, 0.717) is 30.1 Å². The molecular weight excluding hydrogens is 306 g/mol. The quantitative estimate of drug-likeness (QED) is 0.602. The van der Waals surface area contributed by atoms with Gasteiger partial charge >= 0.3 is 0 Å². The summed E-state index contributed by atoms with van der Waals surface area (Å²) < 4.78 is 30.7. The maximum absolute atomic E-state index is 13.7. The fourth-order valence-electron chi connectivity index (χ4n) is 2.20. The van der Waals surface area contributed by atoms with E-state index < -0.39 is 11.6 Å². The van der Waals surface area contributed by atoms with Crippen LogP contribution in [0.25, 0.3) is 0 Å². The van der Waals surface area contributed by atoms with Crippen LogP contribution in [0.15, 0.2) is 30.9 Å². The second-order valence-electron chi connectivity index (χ2n) is 5.12. The van der Waals surface area contributed by atoms with Gasteiger partial charge in [0.05, 0.1) is 6.67 Å². The van der Waals surface area contributed by atoms with E-state index in [2.05, 4.69) is 11.7 Å². The number of halogens is 2. The minimum Gasteiger partial charge on any atom is -0.300 e. The molecule has 2 rings (SSSR count). The molecule has 0 aliphatic heterocycles. The third-order valence-corrected chi connectivity index (χ3v) is 3.68. The molecule has 2 aromatic rings. The first-order valence-corrected chi connectivity index (χ1v) is 7.20. The van der Waals surface area contributed by atoms with E-state index in [0.717, 1.165) is 11.9 Å². The summed E-state index contributed by atoms with van der Waals surface area (Å²) in [4.78, 5) is 1.86. The Labute approximate surface area is 133 Å². The standard InChI is InChI=1S/C15H18F2N4S/c1-4-7-20-11(2)18-21(15(20)22)10-19(3)9-12-5-6-13(16)8-14(12)17/h4-6,8H,1,7,9-10H2,2-3H3. The van der Waals surface area contributed by atoms with Crippen molar-refractivity contribution in [1.29, 1.82) is 0 Å². The fraction of sp³-hybridized carbons (Fsp3) is 0.333. The van der Waals surface area contributed by atoms with Crippen molar-refractivity contribution in [3.63, 3.8) is 0 Å². The molecule has 0 saturated heterocycles. The predicted octanol–water partition coefficient (Wildman–Crippen LogP) is 3.28. The topological polar surface area (TPSA) is 26.0 Å². The number of aryl methyl sites for hydroxylation is 1. The van der Waals surface area contributed by atoms with E-state index in [4.69, 9.17) is 12.2 Å². The minimum atomic E-state index is -0.579. The first kappa shape index (κ1) is 16.5. The van der Waals surface area contributed by atoms with E-state index in [9.17, 15) is 8.78 Å². The Balaban J connectivity index is 2.12. The molecule has 0 atom stereocenters. The first-order chi connectivity index (χ1) is 10.4. The van der Waals surface area contributed by atoms with E-state index in [-0.39, 0.29) is 0 Å². The van der Waals surface area contributed by atoms with Crippen LogP contribution in [0.1, 0.15) is 11.4 Å². The van der Waals surface area contributed by atoms with Crippen molar-refractivity contribution < 1.29 is 8.78 Å². The monoisotopic (exact) mass is 324 g/mol. The molecule has 0 amide bonds. The maximum Gasteiger partial charge on any atom is 0.199 e. The number of hydrogen-bond acceptors (Lipinski definition) is 3. The highest BCUT2D eigenvalue weighted by molar-refractivity contribution is 7.71. The Morgan fingerprint density at radius 1 is 1.41 bits per heavy atom. The van der Waals surface area contributed by atoms with Crippen molar-refractivity contribution >= 4 is 12.2 Å². The molecule has 0 saturated carbocycles. The van der Waals surface area contributed by atoms with Gasteiger partial charge < -0.3 is 4.57 Å². The summed E-state index contributed by atoms with van der Waals surface area (Å²) in [7, 11) is 1.83. The molecular formula is C15H18F2N4S. The van der Waals surface area contributed by atoms with Crippen molar-refractivity contribution in [2.75, 3.05) is 7.05 Å². The average Bonchev–Trinajstić information content (AvgIpc) is 2.70. The second kappa shape index (κ2) is 6.93. The van der Waals surface area contributed by atoms with Crippen LogP contribution >= 0.6 is 12.2 Å². The van der Waals surface area contributed by atoms with Crippen molar-refractivity contribution in [2.45, 2.75) is 26.7 Å². The third kappa shape index (κ3) is 3.66. The van der Waals surface area contributed by atoms with Crippen LogP contribution in [0.3, 0.4) is 0 Å². The smallest absolute Gasteiger partial charge is 0.199 e. The van der Waals surface area contributed by atoms with Crippen LogP contribution < -0.4 is 0 Å². The molecule has 0 N–H and O–H groups in total. The molecule has 1 aromatic heterocycles. The summed E-state index contributed by atoms with van der Waals surface area (Å²) in [6, 6.07) is 3.58. The van der Waals surface area contributed by atoms with Crippen LogP contribution in [0.5, 0.6) is 0 Å². The van der Waals surface area contributed by atoms with Crippen LogP contribution in [0, 0.1) is 23.3 Å². The summed E-state index contributed by atoms with van der Waals surface area (Å²) in [5, 5.41) is 4.38. The average molecular weight is 324 g/mol. The summed E-state index contributed by atoms with van der Waals surface area (Å²) in [5.74, 6) is -0.333. The van der Waals surface area contributed by atoms with Gasteiger partial charge in [0.1, 0.15) is 17.5 Å². The Morgan fingerprint density at radius 3 is 2.77 bits per heavy atom. The molecule has 0 bridgehead atoms. The van der Waals surface area contributed by atoms with E-state index >= 15 is 0 Å². The van der Waals surface area contributed by atoms with Gasteiger partial charge in [0.2, 0.25) is 0 Å². The van der Waals surface area contributed by atoms with Crippen molar-refractivity contribution in [2.24, 2.45) is 0 Å². The lowest BCUT2D eigenvalue weighted by Gasteiger charge is -2.16. The normalized spacial score (nSPS) is 11.1. The molecule has 0 unspecified atom stereocenters. The van der Waals surface area contributed by atoms with E-state index in [1.54, 1.807) is 10.8 Å². The van der Waals surface area contributed by atoms with Gasteiger partial charge in [-0.3, -0.25) is 4.90 Å². The lowest BCUT2D eigenvalue weighted by molar-refractivity contribution is 0.240. The van der Waals surface area contributed by atoms with Gasteiger partial charge in [-0.15, -0.1) is 6.58 Å². The highest BCUT2D eigenvalue weighted by Gasteiger charge is 2.10. The summed E-state index contributed by atoms with van der Waals surface area (Å²) >= 11 is 5.37. The Hall–Kier alpha value is -1.86. The minimum absolute atomic E-state index is 0.335. The van der Waals surface area contributed by atoms with Gasteiger partial charge in [0.25, 0.3) is 0 Å². The summed E-state index contributed by atoms with van der Waals surface area (Å²) in [6.07, 6.45) is 1.76. The maximum atomic E-state index is 13.7. The largest absolute Gasteiger partial charge is 0.300 e. The summed E-state index contributed by atoms with van der Waals surface area (Å²) in [5.41, 5.74) is 0.428. The molecule has 0 aliphatic rings. The van der Waals surface area contributed by atoms with Crippen LogP contribution in [0.2, 0.25) is 0 Å². The van der Waals surface area contributed by atoms with Gasteiger partial charge in [-0.25, -0.2) is 13.5 Å². The van der Waals surface area contributed by atoms with Gasteiger partial charge in [-0.1, -0.05) is 12.1 Å². The number of nitrogens with zero attached hydrogens (tertiary/aromatic N) is 4. The molecule has 0 aliphatic carbocycles. The summed E-state index contributed by atoms with van der Waals surface area (Å²) in [6.45, 7) is 6.91. The van der Waals surface area contributed by atoms with Crippen molar-refractivity contribution in [3.8, 4) is 0 Å². The number of aromatic nitrogens is 3. The molecule has 4 nitrogen and oxygen atoms in total. The van der Waals surface area contributed by atoms with Crippen LogP contribution in [-0.2, 0) is 19.8 Å². The Bertz CT molecular complexity index is 736. The second-order valence-corrected chi connectivity index (χ2v) is 5.49. The van der Waals surface area contributed by atoms with Crippen molar-refractivity contribution in [1.82, 2.24) is 19.2 Å². The Morgan fingerprint density at radius 2 is 2.14 bits per heavy atom. The first-order valence-electron chi connectivity index (χ1n) is 6.80. The Kier molecular flexibility index (Phi) is 5.20. The SMILES string of the molecule is C=CCn1c(C)nn(CN(C)Cc2ccc(F)cc2F)c1=S. The van der Waals surface area contributed by atoms with Gasteiger partial charge in [-0.2, -0.15) is 5.10 Å². The van der Waals surface area contributed by atoms with Crippen LogP contribution in [0.4, 0.5) is 8.78 Å². The molecule has 0 fully saturated rings. The van der Waals surface area contributed by atoms with Crippen LogP contribution in [-0.4, -0.2) is 26.3 Å². The number of hydrogen-bond donors (Lipinski definition) is 0.